The highest BCUT2D eigenvalue weighted by molar-refractivity contribution is 9.10. The normalized spacial score (nSPS) is 11.0. The first kappa shape index (κ1) is 20.2. The Hall–Kier alpha value is -2.12. The predicted octanol–water partition coefficient (Wildman–Crippen LogP) is 4.29. The number of nitrogens with zero attached hydrogens (tertiary/aromatic N) is 1. The van der Waals surface area contributed by atoms with Crippen LogP contribution >= 0.6 is 15.9 Å². The molecule has 0 bridgehead atoms. The summed E-state index contributed by atoms with van der Waals surface area (Å²) >= 11 is 3.28. The lowest BCUT2D eigenvalue weighted by molar-refractivity contribution is 0.0778. The highest BCUT2D eigenvalue weighted by Gasteiger charge is 2.16. The van der Waals surface area contributed by atoms with Gasteiger partial charge in [-0.2, -0.15) is 0 Å². The first-order valence-electron chi connectivity index (χ1n) is 8.05. The number of likely N-dealkylation sites (N-methyl/N-ethyl adjacent to an activating group) is 1. The van der Waals surface area contributed by atoms with Crippen molar-refractivity contribution in [3.8, 4) is 0 Å². The minimum absolute atomic E-state index is 0.113. The van der Waals surface area contributed by atoms with E-state index in [4.69, 9.17) is 0 Å². The molecule has 0 saturated carbocycles. The van der Waals surface area contributed by atoms with E-state index in [1.54, 1.807) is 41.3 Å². The molecular formula is C19H21BrN2O3S. The molecule has 0 aliphatic heterocycles. The fourth-order valence-electron chi connectivity index (χ4n) is 2.34. The second-order valence-electron chi connectivity index (χ2n) is 5.91. The monoisotopic (exact) mass is 436 g/mol. The van der Waals surface area contributed by atoms with Gasteiger partial charge in [-0.15, -0.1) is 0 Å². The van der Waals surface area contributed by atoms with Crippen molar-refractivity contribution in [1.82, 2.24) is 4.90 Å². The van der Waals surface area contributed by atoms with Crippen LogP contribution in [-0.4, -0.2) is 32.3 Å². The van der Waals surface area contributed by atoms with Crippen LogP contribution in [0.1, 0.15) is 24.2 Å². The maximum atomic E-state index is 12.5. The van der Waals surface area contributed by atoms with Crippen LogP contribution < -0.4 is 4.72 Å². The van der Waals surface area contributed by atoms with Crippen LogP contribution in [0.25, 0.3) is 0 Å². The molecule has 0 radical (unpaired) electrons. The van der Waals surface area contributed by atoms with E-state index in [0.717, 1.165) is 10.0 Å². The number of hydrogen-bond donors (Lipinski definition) is 1. The Morgan fingerprint density at radius 1 is 1.12 bits per heavy atom. The Balaban J connectivity index is 2.15. The Morgan fingerprint density at radius 3 is 2.19 bits per heavy atom. The summed E-state index contributed by atoms with van der Waals surface area (Å²) in [4.78, 5) is 14.4. The number of amides is 1. The predicted molar refractivity (Wildman–Crippen MR) is 108 cm³/mol. The zero-order chi connectivity index (χ0) is 19.3. The fourth-order valence-corrected chi connectivity index (χ4v) is 3.67. The van der Waals surface area contributed by atoms with Gasteiger partial charge in [-0.1, -0.05) is 28.1 Å². The molecule has 0 aromatic heterocycles. The summed E-state index contributed by atoms with van der Waals surface area (Å²) in [6.07, 6.45) is 0. The van der Waals surface area contributed by atoms with Crippen molar-refractivity contribution in [3.05, 3.63) is 70.7 Å². The summed E-state index contributed by atoms with van der Waals surface area (Å²) in [5, 5.41) is 0. The van der Waals surface area contributed by atoms with E-state index in [1.807, 2.05) is 13.8 Å². The van der Waals surface area contributed by atoms with Gasteiger partial charge in [0.25, 0.3) is 15.9 Å². The molecule has 0 heterocycles. The molecule has 0 unspecified atom stereocenters. The van der Waals surface area contributed by atoms with Crippen LogP contribution in [0.4, 0.5) is 5.69 Å². The smallest absolute Gasteiger partial charge is 0.261 e. The minimum atomic E-state index is -3.68. The van der Waals surface area contributed by atoms with Crippen LogP contribution in [0.3, 0.4) is 0 Å². The zero-order valence-corrected chi connectivity index (χ0v) is 17.1. The zero-order valence-electron chi connectivity index (χ0n) is 14.7. The standard InChI is InChI=1S/C19H21BrN2O3S/c1-4-22(13-14(2)3)19(23)15-5-9-17(10-6-15)21-26(24,25)18-11-7-16(20)8-12-18/h5-12,21H,2,4,13H2,1,3H3. The number of anilines is 1. The third-order valence-corrected chi connectivity index (χ3v) is 5.56. The SMILES string of the molecule is C=C(C)CN(CC)C(=O)c1ccc(NS(=O)(=O)c2ccc(Br)cc2)cc1. The lowest BCUT2D eigenvalue weighted by atomic mass is 10.1. The molecular weight excluding hydrogens is 416 g/mol. The van der Waals surface area contributed by atoms with Gasteiger partial charge in [0.1, 0.15) is 0 Å². The maximum absolute atomic E-state index is 12.5. The van der Waals surface area contributed by atoms with Gasteiger partial charge >= 0.3 is 0 Å². The molecule has 0 atom stereocenters. The van der Waals surface area contributed by atoms with Crippen LogP contribution in [0.5, 0.6) is 0 Å². The molecule has 2 rings (SSSR count). The topological polar surface area (TPSA) is 66.5 Å². The number of nitrogens with one attached hydrogen (secondary N) is 1. The summed E-state index contributed by atoms with van der Waals surface area (Å²) in [6.45, 7) is 8.68. The van der Waals surface area contributed by atoms with Gasteiger partial charge in [0.2, 0.25) is 0 Å². The number of halogens is 1. The lowest BCUT2D eigenvalue weighted by Crippen LogP contribution is -2.32. The van der Waals surface area contributed by atoms with Gasteiger partial charge < -0.3 is 4.90 Å². The first-order chi connectivity index (χ1) is 12.2. The third kappa shape index (κ3) is 5.19. The largest absolute Gasteiger partial charge is 0.335 e. The van der Waals surface area contributed by atoms with Crippen molar-refractivity contribution in [3.63, 3.8) is 0 Å². The van der Waals surface area contributed by atoms with Gasteiger partial charge in [-0.3, -0.25) is 9.52 Å². The van der Waals surface area contributed by atoms with Crippen molar-refractivity contribution >= 4 is 37.5 Å². The van der Waals surface area contributed by atoms with Gasteiger partial charge in [-0.25, -0.2) is 8.42 Å². The first-order valence-corrected chi connectivity index (χ1v) is 10.3. The molecule has 0 fully saturated rings. The average Bonchev–Trinajstić information content (AvgIpc) is 2.59. The second-order valence-corrected chi connectivity index (χ2v) is 8.51. The summed E-state index contributed by atoms with van der Waals surface area (Å²) in [7, 11) is -3.68. The number of rotatable bonds is 7. The molecule has 2 aromatic carbocycles. The molecule has 7 heteroatoms. The molecule has 1 N–H and O–H groups in total. The summed E-state index contributed by atoms with van der Waals surface area (Å²) in [5.41, 5.74) is 1.80. The van der Waals surface area contributed by atoms with E-state index in [2.05, 4.69) is 27.2 Å². The van der Waals surface area contributed by atoms with Crippen molar-refractivity contribution in [1.29, 1.82) is 0 Å². The Kier molecular flexibility index (Phi) is 6.61. The highest BCUT2D eigenvalue weighted by atomic mass is 79.9. The molecule has 0 saturated heterocycles. The van der Waals surface area contributed by atoms with E-state index < -0.39 is 10.0 Å². The minimum Gasteiger partial charge on any atom is -0.335 e. The lowest BCUT2D eigenvalue weighted by Gasteiger charge is -2.21. The summed E-state index contributed by atoms with van der Waals surface area (Å²) < 4.78 is 28.1. The number of benzene rings is 2. The molecule has 26 heavy (non-hydrogen) atoms. The number of carbonyl (C=O) groups excluding carboxylic acids is 1. The Morgan fingerprint density at radius 2 is 1.69 bits per heavy atom. The molecule has 138 valence electrons. The highest BCUT2D eigenvalue weighted by Crippen LogP contribution is 2.19. The molecule has 0 aliphatic carbocycles. The van der Waals surface area contributed by atoms with E-state index in [1.165, 1.54) is 12.1 Å². The Labute approximate surface area is 162 Å². The van der Waals surface area contributed by atoms with E-state index in [0.29, 0.717) is 24.3 Å². The van der Waals surface area contributed by atoms with Gasteiger partial charge in [-0.05, 0) is 62.4 Å². The van der Waals surface area contributed by atoms with Crippen LogP contribution in [0.2, 0.25) is 0 Å². The van der Waals surface area contributed by atoms with Crippen LogP contribution in [0.15, 0.2) is 70.1 Å². The molecule has 0 spiro atoms. The van der Waals surface area contributed by atoms with Gasteiger partial charge in [0.05, 0.1) is 4.90 Å². The summed E-state index contributed by atoms with van der Waals surface area (Å²) in [5.74, 6) is -0.113. The van der Waals surface area contributed by atoms with E-state index in [-0.39, 0.29) is 10.8 Å². The van der Waals surface area contributed by atoms with E-state index in [9.17, 15) is 13.2 Å². The maximum Gasteiger partial charge on any atom is 0.261 e. The average molecular weight is 437 g/mol. The summed E-state index contributed by atoms with van der Waals surface area (Å²) in [6, 6.07) is 12.7. The van der Waals surface area contributed by atoms with Crippen molar-refractivity contribution in [2.75, 3.05) is 17.8 Å². The third-order valence-electron chi connectivity index (χ3n) is 3.64. The molecule has 5 nitrogen and oxygen atoms in total. The van der Waals surface area contributed by atoms with Gasteiger partial charge in [0, 0.05) is 28.8 Å². The molecule has 1 amide bonds. The number of hydrogen-bond acceptors (Lipinski definition) is 3. The van der Waals surface area contributed by atoms with E-state index >= 15 is 0 Å². The van der Waals surface area contributed by atoms with Crippen LogP contribution in [0, 0.1) is 0 Å². The van der Waals surface area contributed by atoms with Crippen molar-refractivity contribution in [2.45, 2.75) is 18.7 Å². The number of carbonyl (C=O) groups is 1. The quantitative estimate of drug-likeness (QED) is 0.658. The molecule has 0 aliphatic rings. The van der Waals surface area contributed by atoms with Crippen LogP contribution in [-0.2, 0) is 10.0 Å². The second kappa shape index (κ2) is 8.51. The molecule has 2 aromatic rings. The van der Waals surface area contributed by atoms with Crippen molar-refractivity contribution in [2.24, 2.45) is 0 Å². The fraction of sp³-hybridized carbons (Fsp3) is 0.211. The number of sulfonamides is 1. The Bertz CT molecular complexity index is 891. The van der Waals surface area contributed by atoms with Gasteiger partial charge in [0.15, 0.2) is 0 Å². The van der Waals surface area contributed by atoms with Crippen molar-refractivity contribution < 1.29 is 13.2 Å².